The molecule has 2 aliphatic rings. The van der Waals surface area contributed by atoms with E-state index >= 15 is 0 Å². The molecule has 1 saturated carbocycles. The third kappa shape index (κ3) is 4.30. The number of hydrogen-bond acceptors (Lipinski definition) is 6. The molecule has 0 radical (unpaired) electrons. The molecule has 35 heavy (non-hydrogen) atoms. The lowest BCUT2D eigenvalue weighted by Gasteiger charge is -2.39. The van der Waals surface area contributed by atoms with E-state index < -0.39 is 5.82 Å². The van der Waals surface area contributed by atoms with Crippen molar-refractivity contribution in [3.63, 3.8) is 0 Å². The lowest BCUT2D eigenvalue weighted by molar-refractivity contribution is 0.360. The molecule has 1 aliphatic heterocycles. The number of nitrogens with two attached hydrogens (primary N) is 1. The molecule has 178 valence electrons. The normalized spacial score (nSPS) is 15.7. The van der Waals surface area contributed by atoms with Gasteiger partial charge >= 0.3 is 0 Å². The molecule has 0 saturated heterocycles. The first-order valence-corrected chi connectivity index (χ1v) is 11.9. The Morgan fingerprint density at radius 2 is 1.97 bits per heavy atom. The van der Waals surface area contributed by atoms with Gasteiger partial charge < -0.3 is 16.0 Å². The van der Waals surface area contributed by atoms with Crippen LogP contribution in [-0.2, 0) is 0 Å². The summed E-state index contributed by atoms with van der Waals surface area (Å²) in [7, 11) is 0. The number of hydrogen-bond donors (Lipinski definition) is 3. The van der Waals surface area contributed by atoms with Gasteiger partial charge in [-0.2, -0.15) is 0 Å². The zero-order chi connectivity index (χ0) is 24.5. The van der Waals surface area contributed by atoms with Crippen LogP contribution in [0.4, 0.5) is 16.0 Å². The molecule has 6 nitrogen and oxygen atoms in total. The van der Waals surface area contributed by atoms with Gasteiger partial charge in [0.05, 0.1) is 17.8 Å². The second-order valence-corrected chi connectivity index (χ2v) is 9.15. The molecule has 2 heterocycles. The Hall–Kier alpha value is -4.00. The number of rotatable bonds is 6. The van der Waals surface area contributed by atoms with Crippen molar-refractivity contribution in [3.8, 4) is 0 Å². The average Bonchev–Trinajstić information content (AvgIpc) is 3.36. The van der Waals surface area contributed by atoms with Crippen LogP contribution in [0.25, 0.3) is 11.8 Å². The van der Waals surface area contributed by atoms with E-state index in [0.29, 0.717) is 29.5 Å². The summed E-state index contributed by atoms with van der Waals surface area (Å²) in [5, 5.41) is 12.1. The molecular weight excluding hydrogens is 439 g/mol. The molecule has 5 rings (SSSR count). The van der Waals surface area contributed by atoms with Gasteiger partial charge in [-0.15, -0.1) is 0 Å². The van der Waals surface area contributed by atoms with E-state index in [2.05, 4.69) is 58.0 Å². The minimum Gasteiger partial charge on any atom is -0.383 e. The number of aromatic nitrogens is 2. The van der Waals surface area contributed by atoms with E-state index in [1.54, 1.807) is 12.1 Å². The molecule has 0 spiro atoms. The first-order chi connectivity index (χ1) is 16.9. The summed E-state index contributed by atoms with van der Waals surface area (Å²) in [6.07, 6.45) is 8.29. The van der Waals surface area contributed by atoms with Crippen LogP contribution in [0.1, 0.15) is 53.5 Å². The summed E-state index contributed by atoms with van der Waals surface area (Å²) in [5.41, 5.74) is 12.7. The Bertz CT molecular complexity index is 1340. The molecule has 0 unspecified atom stereocenters. The van der Waals surface area contributed by atoms with Gasteiger partial charge in [0.1, 0.15) is 23.8 Å². The summed E-state index contributed by atoms with van der Waals surface area (Å²) in [5.74, 6) is 0.205. The predicted octanol–water partition coefficient (Wildman–Crippen LogP) is 5.60. The molecule has 7 heteroatoms. The third-order valence-electron chi connectivity index (χ3n) is 6.88. The fraction of sp³-hybridized carbons (Fsp3) is 0.250. The van der Waals surface area contributed by atoms with Crippen molar-refractivity contribution in [1.82, 2.24) is 14.9 Å². The Morgan fingerprint density at radius 1 is 1.20 bits per heavy atom. The molecule has 0 bridgehead atoms. The van der Waals surface area contributed by atoms with Crippen molar-refractivity contribution in [2.75, 3.05) is 17.6 Å². The highest BCUT2D eigenvalue weighted by molar-refractivity contribution is 6.16. The highest BCUT2D eigenvalue weighted by Crippen LogP contribution is 2.40. The molecule has 0 atom stereocenters. The first kappa shape index (κ1) is 22.8. The van der Waals surface area contributed by atoms with Gasteiger partial charge in [-0.3, -0.25) is 5.41 Å². The number of anilines is 2. The smallest absolute Gasteiger partial charge is 0.141 e. The molecule has 2 aromatic carbocycles. The number of fused-ring (bicyclic) bond motifs is 1. The topological polar surface area (TPSA) is 90.9 Å². The van der Waals surface area contributed by atoms with Gasteiger partial charge in [0.25, 0.3) is 0 Å². The summed E-state index contributed by atoms with van der Waals surface area (Å²) in [6.45, 7) is 7.10. The van der Waals surface area contributed by atoms with E-state index in [-0.39, 0.29) is 11.5 Å². The van der Waals surface area contributed by atoms with Crippen molar-refractivity contribution < 1.29 is 4.39 Å². The fourth-order valence-corrected chi connectivity index (χ4v) is 5.24. The van der Waals surface area contributed by atoms with Gasteiger partial charge in [0.2, 0.25) is 0 Å². The molecule has 1 fully saturated rings. The van der Waals surface area contributed by atoms with Gasteiger partial charge in [-0.1, -0.05) is 49.8 Å². The van der Waals surface area contributed by atoms with Crippen molar-refractivity contribution in [2.24, 2.45) is 0 Å². The number of aryl methyl sites for hydroxylation is 1. The molecule has 1 aliphatic carbocycles. The Balaban J connectivity index is 1.49. The van der Waals surface area contributed by atoms with Gasteiger partial charge in [0.15, 0.2) is 0 Å². The Kier molecular flexibility index (Phi) is 6.07. The summed E-state index contributed by atoms with van der Waals surface area (Å²) >= 11 is 0. The summed E-state index contributed by atoms with van der Waals surface area (Å²) < 4.78 is 13.8. The summed E-state index contributed by atoms with van der Waals surface area (Å²) in [4.78, 5) is 10.8. The fourth-order valence-electron chi connectivity index (χ4n) is 5.24. The van der Waals surface area contributed by atoms with Crippen LogP contribution in [0.15, 0.2) is 61.1 Å². The maximum Gasteiger partial charge on any atom is 0.141 e. The van der Waals surface area contributed by atoms with E-state index in [4.69, 9.17) is 11.1 Å². The number of benzene rings is 2. The van der Waals surface area contributed by atoms with Gasteiger partial charge in [0, 0.05) is 28.6 Å². The van der Waals surface area contributed by atoms with Crippen LogP contribution < -0.4 is 11.1 Å². The van der Waals surface area contributed by atoms with E-state index in [9.17, 15) is 4.39 Å². The number of nitrogens with zero attached hydrogens (tertiary/aromatic N) is 3. The lowest BCUT2D eigenvalue weighted by atomic mass is 9.93. The molecule has 4 N–H and O–H groups in total. The van der Waals surface area contributed by atoms with Gasteiger partial charge in [-0.25, -0.2) is 14.4 Å². The summed E-state index contributed by atoms with van der Waals surface area (Å²) in [6, 6.07) is 12.6. The molecular formula is C28H29FN6. The second kappa shape index (κ2) is 9.33. The van der Waals surface area contributed by atoms with Crippen LogP contribution in [0.3, 0.4) is 0 Å². The van der Waals surface area contributed by atoms with E-state index in [1.165, 1.54) is 42.4 Å². The largest absolute Gasteiger partial charge is 0.383 e. The minimum atomic E-state index is -0.413. The van der Waals surface area contributed by atoms with Crippen molar-refractivity contribution >= 4 is 29.1 Å². The second-order valence-electron chi connectivity index (χ2n) is 9.15. The number of nitrogen functional groups attached to an aromatic ring is 1. The SMILES string of the molecule is C=C1c2c(C)cccc2C=C(CNc2ncnc(N)c2C(=N)c2cccc(F)c2)N1C1CCCC1. The highest BCUT2D eigenvalue weighted by atomic mass is 19.1. The van der Waals surface area contributed by atoms with E-state index in [0.717, 1.165) is 29.8 Å². The molecule has 1 aromatic heterocycles. The lowest BCUT2D eigenvalue weighted by Crippen LogP contribution is -2.36. The average molecular weight is 469 g/mol. The quantitative estimate of drug-likeness (QED) is 0.410. The zero-order valence-electron chi connectivity index (χ0n) is 19.8. The first-order valence-electron chi connectivity index (χ1n) is 11.9. The van der Waals surface area contributed by atoms with Crippen LogP contribution in [-0.4, -0.2) is 33.2 Å². The van der Waals surface area contributed by atoms with Crippen molar-refractivity contribution in [1.29, 1.82) is 5.41 Å². The van der Waals surface area contributed by atoms with Crippen molar-refractivity contribution in [3.05, 3.63) is 94.7 Å². The molecule has 0 amide bonds. The Labute approximate surface area is 204 Å². The monoisotopic (exact) mass is 468 g/mol. The van der Waals surface area contributed by atoms with Crippen LogP contribution in [0, 0.1) is 18.2 Å². The van der Waals surface area contributed by atoms with E-state index in [1.807, 2.05) is 0 Å². The van der Waals surface area contributed by atoms with Crippen LogP contribution in [0.5, 0.6) is 0 Å². The predicted molar refractivity (Wildman–Crippen MR) is 140 cm³/mol. The standard InChI is InChI=1S/C28H29FN6/c1-17-7-5-8-19-14-23(35(18(2)24(17)19)22-11-3-4-12-22)15-32-28-25(27(31)33-16-34-28)26(30)20-9-6-10-21(29)13-20/h5-10,13-14,16,22,30H,2-4,11-12,15H2,1H3,(H3,31,32,33,34). The zero-order valence-corrected chi connectivity index (χ0v) is 19.8. The van der Waals surface area contributed by atoms with Crippen LogP contribution in [0.2, 0.25) is 0 Å². The number of halogens is 1. The third-order valence-corrected chi connectivity index (χ3v) is 6.88. The van der Waals surface area contributed by atoms with Gasteiger partial charge in [-0.05, 0) is 49.1 Å². The minimum absolute atomic E-state index is 0.0701. The number of nitrogens with one attached hydrogen (secondary N) is 2. The Morgan fingerprint density at radius 3 is 2.74 bits per heavy atom. The molecule has 3 aromatic rings. The maximum atomic E-state index is 13.8. The maximum absolute atomic E-state index is 13.8. The van der Waals surface area contributed by atoms with Crippen LogP contribution >= 0.6 is 0 Å². The van der Waals surface area contributed by atoms with Crippen molar-refractivity contribution in [2.45, 2.75) is 38.6 Å². The highest BCUT2D eigenvalue weighted by Gasteiger charge is 2.31.